The second-order valence-electron chi connectivity index (χ2n) is 2.86. The number of thioether (sulfide) groups is 1. The van der Waals surface area contributed by atoms with Crippen LogP contribution in [-0.4, -0.2) is 15.6 Å². The zero-order valence-electron chi connectivity index (χ0n) is 6.88. The molecule has 0 aliphatic carbocycles. The van der Waals surface area contributed by atoms with Crippen molar-refractivity contribution in [2.45, 2.75) is 25.5 Å². The van der Waals surface area contributed by atoms with Crippen molar-refractivity contribution < 1.29 is 0 Å². The van der Waals surface area contributed by atoms with Gasteiger partial charge in [-0.15, -0.1) is 0 Å². The Hall–Kier alpha value is -0.710. The molecular weight excluding hydrogens is 160 g/mol. The van der Waals surface area contributed by atoms with Crippen LogP contribution in [0.1, 0.15) is 20.8 Å². The fourth-order valence-electron chi connectivity index (χ4n) is 0.660. The maximum absolute atomic E-state index is 5.11. The Morgan fingerprint density at radius 1 is 1.64 bits per heavy atom. The summed E-state index contributed by atoms with van der Waals surface area (Å²) >= 11 is 1.58. The van der Waals surface area contributed by atoms with E-state index in [1.165, 1.54) is 0 Å². The van der Waals surface area contributed by atoms with Gasteiger partial charge in [-0.2, -0.15) is 10.2 Å². The van der Waals surface area contributed by atoms with Crippen LogP contribution in [-0.2, 0) is 0 Å². The predicted molar refractivity (Wildman–Crippen MR) is 49.5 cm³/mol. The van der Waals surface area contributed by atoms with Gasteiger partial charge < -0.3 is 5.84 Å². The predicted octanol–water partition coefficient (Wildman–Crippen LogP) is 0.707. The minimum atomic E-state index is 0.00343. The molecule has 11 heavy (non-hydrogen) atoms. The summed E-state index contributed by atoms with van der Waals surface area (Å²) in [5.41, 5.74) is 3.80. The van der Waals surface area contributed by atoms with Gasteiger partial charge in [-0.25, -0.2) is 0 Å². The lowest BCUT2D eigenvalue weighted by molar-refractivity contribution is 0.890. The third-order valence-electron chi connectivity index (χ3n) is 1.66. The molecule has 1 heterocycles. The first-order valence-electron chi connectivity index (χ1n) is 3.34. The Morgan fingerprint density at radius 3 is 2.73 bits per heavy atom. The number of rotatable bonds is 0. The topological polar surface area (TPSA) is 62.8 Å². The third-order valence-corrected chi connectivity index (χ3v) is 2.86. The molecule has 3 N–H and O–H groups in total. The van der Waals surface area contributed by atoms with E-state index in [9.17, 15) is 0 Å². The molecule has 0 radical (unpaired) electrons. The lowest BCUT2D eigenvalue weighted by Gasteiger charge is -2.27. The third kappa shape index (κ3) is 1.65. The largest absolute Gasteiger partial charge is 0.321 e. The molecule has 0 aromatic carbocycles. The van der Waals surface area contributed by atoms with Crippen LogP contribution in [0.4, 0.5) is 0 Å². The molecule has 0 saturated heterocycles. The van der Waals surface area contributed by atoms with Crippen molar-refractivity contribution in [3.63, 3.8) is 0 Å². The van der Waals surface area contributed by atoms with E-state index in [4.69, 9.17) is 5.84 Å². The highest BCUT2D eigenvalue weighted by molar-refractivity contribution is 8.15. The van der Waals surface area contributed by atoms with Gasteiger partial charge in [0.05, 0.1) is 10.5 Å². The smallest absolute Gasteiger partial charge is 0.201 e. The normalized spacial score (nSPS) is 26.1. The van der Waals surface area contributed by atoms with Gasteiger partial charge in [0.15, 0.2) is 0 Å². The van der Waals surface area contributed by atoms with Crippen molar-refractivity contribution in [1.82, 2.24) is 5.43 Å². The monoisotopic (exact) mass is 172 g/mol. The average Bonchev–Trinajstić information content (AvgIpc) is 1.95. The van der Waals surface area contributed by atoms with E-state index in [2.05, 4.69) is 29.5 Å². The van der Waals surface area contributed by atoms with Crippen LogP contribution in [0.5, 0.6) is 0 Å². The van der Waals surface area contributed by atoms with Crippen molar-refractivity contribution in [2.75, 3.05) is 0 Å². The summed E-state index contributed by atoms with van der Waals surface area (Å²) in [7, 11) is 0. The van der Waals surface area contributed by atoms with E-state index >= 15 is 0 Å². The van der Waals surface area contributed by atoms with Gasteiger partial charge in [0, 0.05) is 0 Å². The van der Waals surface area contributed by atoms with Gasteiger partial charge in [-0.05, 0) is 20.8 Å². The molecule has 0 aromatic heterocycles. The molecule has 0 saturated carbocycles. The van der Waals surface area contributed by atoms with E-state index in [0.29, 0.717) is 5.17 Å². The molecule has 5 heteroatoms. The highest BCUT2D eigenvalue weighted by Crippen LogP contribution is 2.28. The number of amidine groups is 1. The summed E-state index contributed by atoms with van der Waals surface area (Å²) in [4.78, 5) is 0. The lowest BCUT2D eigenvalue weighted by atomic mass is 10.1. The van der Waals surface area contributed by atoms with E-state index in [-0.39, 0.29) is 4.75 Å². The number of hydrogen-bond acceptors (Lipinski definition) is 4. The molecule has 0 spiro atoms. The van der Waals surface area contributed by atoms with Crippen LogP contribution in [0, 0.1) is 0 Å². The minimum absolute atomic E-state index is 0.00343. The van der Waals surface area contributed by atoms with Crippen LogP contribution in [0.25, 0.3) is 0 Å². The molecular formula is C6H12N4S. The number of nitrogens with one attached hydrogen (secondary N) is 1. The molecule has 0 fully saturated rings. The molecule has 0 aromatic rings. The molecule has 0 amide bonds. The number of hydrogen-bond donors (Lipinski definition) is 2. The lowest BCUT2D eigenvalue weighted by Crippen LogP contribution is -2.37. The summed E-state index contributed by atoms with van der Waals surface area (Å²) in [6.07, 6.45) is 0. The molecule has 0 atom stereocenters. The highest BCUT2D eigenvalue weighted by atomic mass is 32.2. The Morgan fingerprint density at radius 2 is 2.27 bits per heavy atom. The Balaban J connectivity index is 2.86. The van der Waals surface area contributed by atoms with E-state index in [1.54, 1.807) is 11.8 Å². The number of nitrogens with zero attached hydrogens (tertiary/aromatic N) is 2. The zero-order chi connectivity index (χ0) is 8.48. The Bertz CT molecular complexity index is 219. The van der Waals surface area contributed by atoms with Gasteiger partial charge in [0.1, 0.15) is 0 Å². The van der Waals surface area contributed by atoms with Gasteiger partial charge in [-0.3, -0.25) is 5.43 Å². The molecule has 0 unspecified atom stereocenters. The highest BCUT2D eigenvalue weighted by Gasteiger charge is 2.28. The summed E-state index contributed by atoms with van der Waals surface area (Å²) < 4.78 is 0.00343. The van der Waals surface area contributed by atoms with Crippen LogP contribution in [0.3, 0.4) is 0 Å². The van der Waals surface area contributed by atoms with Crippen LogP contribution < -0.4 is 11.3 Å². The van der Waals surface area contributed by atoms with Gasteiger partial charge in [-0.1, -0.05) is 11.8 Å². The summed E-state index contributed by atoms with van der Waals surface area (Å²) in [6.45, 7) is 6.15. The molecule has 4 nitrogen and oxygen atoms in total. The molecule has 1 rings (SSSR count). The first-order chi connectivity index (χ1) is 5.06. The molecule has 1 aliphatic heterocycles. The van der Waals surface area contributed by atoms with Crippen LogP contribution >= 0.6 is 11.8 Å². The molecule has 0 bridgehead atoms. The van der Waals surface area contributed by atoms with Crippen molar-refractivity contribution in [3.05, 3.63) is 0 Å². The summed E-state index contributed by atoms with van der Waals surface area (Å²) in [5.74, 6) is 5.11. The fraction of sp³-hybridized carbons (Fsp3) is 0.667. The fourth-order valence-corrected chi connectivity index (χ4v) is 1.48. The first kappa shape index (κ1) is 8.39. The van der Waals surface area contributed by atoms with Crippen molar-refractivity contribution in [1.29, 1.82) is 0 Å². The Labute approximate surface area is 70.3 Å². The van der Waals surface area contributed by atoms with Gasteiger partial charge in [0.25, 0.3) is 0 Å². The summed E-state index contributed by atoms with van der Waals surface area (Å²) in [6, 6.07) is 0. The van der Waals surface area contributed by atoms with E-state index in [1.807, 2.05) is 6.92 Å². The van der Waals surface area contributed by atoms with Crippen molar-refractivity contribution in [3.8, 4) is 0 Å². The Kier molecular flexibility index (Phi) is 2.08. The quantitative estimate of drug-likeness (QED) is 0.418. The maximum atomic E-state index is 5.11. The number of hydrazone groups is 2. The minimum Gasteiger partial charge on any atom is -0.321 e. The summed E-state index contributed by atoms with van der Waals surface area (Å²) in [5, 5.41) is 8.28. The average molecular weight is 172 g/mol. The van der Waals surface area contributed by atoms with E-state index < -0.39 is 0 Å². The van der Waals surface area contributed by atoms with E-state index in [0.717, 1.165) is 5.71 Å². The SMILES string of the molecule is CC1=NN/C(=N/N)SC1(C)C. The number of nitrogens with two attached hydrogens (primary N) is 1. The van der Waals surface area contributed by atoms with Gasteiger partial charge >= 0.3 is 0 Å². The molecule has 1 aliphatic rings. The van der Waals surface area contributed by atoms with Crippen molar-refractivity contribution in [2.24, 2.45) is 16.0 Å². The van der Waals surface area contributed by atoms with Crippen LogP contribution in [0.15, 0.2) is 10.2 Å². The van der Waals surface area contributed by atoms with Gasteiger partial charge in [0.2, 0.25) is 5.17 Å². The second-order valence-corrected chi connectivity index (χ2v) is 4.47. The van der Waals surface area contributed by atoms with Crippen LogP contribution in [0.2, 0.25) is 0 Å². The standard InChI is InChI=1S/C6H12N4S/c1-4-6(2,3)11-5(8-7)10-9-4/h7H2,1-3H3,(H,8,10). The first-order valence-corrected chi connectivity index (χ1v) is 4.15. The molecule has 62 valence electrons. The zero-order valence-corrected chi connectivity index (χ0v) is 7.70. The van der Waals surface area contributed by atoms with Crippen molar-refractivity contribution >= 4 is 22.6 Å². The second kappa shape index (κ2) is 2.73. The maximum Gasteiger partial charge on any atom is 0.201 e.